The summed E-state index contributed by atoms with van der Waals surface area (Å²) in [6, 6.07) is 12.7. The molecule has 0 fully saturated rings. The van der Waals surface area contributed by atoms with E-state index in [-0.39, 0.29) is 10.5 Å². The zero-order chi connectivity index (χ0) is 23.5. The molecule has 168 valence electrons. The summed E-state index contributed by atoms with van der Waals surface area (Å²) in [5, 5.41) is 10.6. The van der Waals surface area contributed by atoms with Crippen LogP contribution in [0.2, 0.25) is 0 Å². The van der Waals surface area contributed by atoms with Crippen molar-refractivity contribution in [3.63, 3.8) is 0 Å². The molecule has 0 saturated carbocycles. The first kappa shape index (κ1) is 23.2. The molecular formula is C22H24N4O5S. The van der Waals surface area contributed by atoms with Gasteiger partial charge >= 0.3 is 5.69 Å². The van der Waals surface area contributed by atoms with Crippen LogP contribution in [0.15, 0.2) is 68.0 Å². The molecule has 0 bridgehead atoms. The van der Waals surface area contributed by atoms with Gasteiger partial charge in [0.2, 0.25) is 15.9 Å². The molecule has 9 nitrogen and oxygen atoms in total. The molecule has 3 rings (SSSR count). The molecule has 2 aromatic carbocycles. The van der Waals surface area contributed by atoms with E-state index in [2.05, 4.69) is 9.98 Å². The molecule has 0 aliphatic heterocycles. The minimum absolute atomic E-state index is 0.133. The van der Waals surface area contributed by atoms with Crippen LogP contribution in [-0.2, 0) is 10.0 Å². The van der Waals surface area contributed by atoms with E-state index in [0.29, 0.717) is 24.5 Å². The summed E-state index contributed by atoms with van der Waals surface area (Å²) < 4.78 is 27.5. The third-order valence-corrected chi connectivity index (χ3v) is 6.97. The van der Waals surface area contributed by atoms with Gasteiger partial charge in [0.1, 0.15) is 5.56 Å². The van der Waals surface area contributed by atoms with Gasteiger partial charge < -0.3 is 5.11 Å². The molecule has 0 aliphatic carbocycles. The van der Waals surface area contributed by atoms with Crippen molar-refractivity contribution in [2.24, 2.45) is 4.99 Å². The Kier molecular flexibility index (Phi) is 6.75. The molecule has 0 amide bonds. The molecule has 1 aromatic heterocycles. The molecule has 0 spiro atoms. The third-order valence-electron chi connectivity index (χ3n) is 4.90. The Bertz CT molecular complexity index is 1370. The van der Waals surface area contributed by atoms with Crippen LogP contribution in [0.3, 0.4) is 0 Å². The van der Waals surface area contributed by atoms with Crippen molar-refractivity contribution in [1.29, 1.82) is 0 Å². The zero-order valence-corrected chi connectivity index (χ0v) is 18.8. The monoisotopic (exact) mass is 456 g/mol. The molecule has 0 atom stereocenters. The van der Waals surface area contributed by atoms with Crippen LogP contribution >= 0.6 is 0 Å². The van der Waals surface area contributed by atoms with Gasteiger partial charge in [-0.25, -0.2) is 17.8 Å². The number of hydrogen-bond donors (Lipinski definition) is 2. The first-order valence-electron chi connectivity index (χ1n) is 9.98. The predicted octanol–water partition coefficient (Wildman–Crippen LogP) is 2.32. The second-order valence-electron chi connectivity index (χ2n) is 7.01. The molecule has 2 N–H and O–H groups in total. The lowest BCUT2D eigenvalue weighted by Gasteiger charge is -2.18. The van der Waals surface area contributed by atoms with Crippen LogP contribution in [0.4, 0.5) is 5.69 Å². The zero-order valence-electron chi connectivity index (χ0n) is 17.9. The Morgan fingerprint density at radius 1 is 1.09 bits per heavy atom. The molecule has 0 unspecified atom stereocenters. The second kappa shape index (κ2) is 9.33. The van der Waals surface area contributed by atoms with E-state index < -0.39 is 27.2 Å². The van der Waals surface area contributed by atoms with Crippen molar-refractivity contribution < 1.29 is 13.5 Å². The van der Waals surface area contributed by atoms with Gasteiger partial charge in [-0.3, -0.25) is 14.8 Å². The highest BCUT2D eigenvalue weighted by Gasteiger charge is 2.21. The van der Waals surface area contributed by atoms with Gasteiger partial charge in [-0.05, 0) is 48.9 Å². The number of aryl methyl sites for hydroxylation is 1. The molecule has 0 saturated heterocycles. The fraction of sp³-hybridized carbons (Fsp3) is 0.227. The highest BCUT2D eigenvalue weighted by Crippen LogP contribution is 2.21. The number of H-pyrrole nitrogens is 1. The SMILES string of the molecule is CCN(CC)S(=O)(=O)c1ccc(N=Cc2c(O)n(-c3cccc(C)c3)c(=O)[nH]c2=O)cc1. The quantitative estimate of drug-likeness (QED) is 0.528. The van der Waals surface area contributed by atoms with E-state index in [1.54, 1.807) is 32.0 Å². The van der Waals surface area contributed by atoms with Crippen LogP contribution in [0.25, 0.3) is 5.69 Å². The number of benzene rings is 2. The van der Waals surface area contributed by atoms with Gasteiger partial charge in [-0.15, -0.1) is 0 Å². The number of aromatic hydroxyl groups is 1. The lowest BCUT2D eigenvalue weighted by molar-refractivity contribution is 0.430. The normalized spacial score (nSPS) is 12.0. The van der Waals surface area contributed by atoms with Gasteiger partial charge in [0, 0.05) is 19.3 Å². The van der Waals surface area contributed by atoms with Crippen molar-refractivity contribution in [2.75, 3.05) is 13.1 Å². The average Bonchev–Trinajstić information content (AvgIpc) is 2.74. The van der Waals surface area contributed by atoms with Crippen LogP contribution in [0.5, 0.6) is 5.88 Å². The van der Waals surface area contributed by atoms with Gasteiger partial charge in [-0.1, -0.05) is 26.0 Å². The van der Waals surface area contributed by atoms with Gasteiger partial charge in [0.05, 0.1) is 16.3 Å². The lowest BCUT2D eigenvalue weighted by Crippen LogP contribution is -2.31. The van der Waals surface area contributed by atoms with E-state index in [0.717, 1.165) is 16.3 Å². The Morgan fingerprint density at radius 2 is 1.75 bits per heavy atom. The summed E-state index contributed by atoms with van der Waals surface area (Å²) >= 11 is 0. The number of nitrogens with zero attached hydrogens (tertiary/aromatic N) is 3. The Morgan fingerprint density at radius 3 is 2.34 bits per heavy atom. The maximum atomic E-state index is 12.6. The predicted molar refractivity (Wildman–Crippen MR) is 123 cm³/mol. The fourth-order valence-electron chi connectivity index (χ4n) is 3.22. The van der Waals surface area contributed by atoms with Crippen molar-refractivity contribution in [2.45, 2.75) is 25.7 Å². The van der Waals surface area contributed by atoms with Crippen molar-refractivity contribution in [3.05, 3.63) is 80.5 Å². The first-order chi connectivity index (χ1) is 15.2. The Hall–Kier alpha value is -3.50. The van der Waals surface area contributed by atoms with E-state index in [1.807, 2.05) is 13.0 Å². The standard InChI is InChI=1S/C22H24N4O5S/c1-4-25(5-2)32(30,31)18-11-9-16(10-12-18)23-14-19-20(27)24-22(29)26(21(19)28)17-8-6-7-15(3)13-17/h6-14,28H,4-5H2,1-3H3,(H,24,27,29). The highest BCUT2D eigenvalue weighted by molar-refractivity contribution is 7.89. The van der Waals surface area contributed by atoms with Crippen LogP contribution in [-0.4, -0.2) is 46.7 Å². The van der Waals surface area contributed by atoms with E-state index in [9.17, 15) is 23.1 Å². The summed E-state index contributed by atoms with van der Waals surface area (Å²) in [6.07, 6.45) is 1.13. The third kappa shape index (κ3) is 4.56. The second-order valence-corrected chi connectivity index (χ2v) is 8.95. The number of rotatable bonds is 7. The Labute approximate surface area is 185 Å². The van der Waals surface area contributed by atoms with Crippen molar-refractivity contribution >= 4 is 21.9 Å². The van der Waals surface area contributed by atoms with Gasteiger partial charge in [0.25, 0.3) is 5.56 Å². The summed E-state index contributed by atoms with van der Waals surface area (Å²) in [5.74, 6) is -0.547. The molecule has 32 heavy (non-hydrogen) atoms. The molecule has 0 aliphatic rings. The van der Waals surface area contributed by atoms with E-state index >= 15 is 0 Å². The summed E-state index contributed by atoms with van der Waals surface area (Å²) in [5.41, 5.74) is -0.136. The smallest absolute Gasteiger partial charge is 0.335 e. The summed E-state index contributed by atoms with van der Waals surface area (Å²) in [4.78, 5) is 31.0. The number of sulfonamides is 1. The molecule has 10 heteroatoms. The van der Waals surface area contributed by atoms with Crippen LogP contribution in [0.1, 0.15) is 25.0 Å². The summed E-state index contributed by atoms with van der Waals surface area (Å²) in [7, 11) is -3.59. The maximum absolute atomic E-state index is 12.6. The average molecular weight is 457 g/mol. The molecular weight excluding hydrogens is 432 g/mol. The van der Waals surface area contributed by atoms with Crippen LogP contribution < -0.4 is 11.2 Å². The van der Waals surface area contributed by atoms with Gasteiger partial charge in [0.15, 0.2) is 0 Å². The lowest BCUT2D eigenvalue weighted by atomic mass is 10.2. The number of hydrogen-bond acceptors (Lipinski definition) is 6. The van der Waals surface area contributed by atoms with Gasteiger partial charge in [-0.2, -0.15) is 4.31 Å². The Balaban J connectivity index is 1.98. The molecule has 0 radical (unpaired) electrons. The van der Waals surface area contributed by atoms with Crippen molar-refractivity contribution in [1.82, 2.24) is 13.9 Å². The van der Waals surface area contributed by atoms with E-state index in [4.69, 9.17) is 0 Å². The number of aromatic nitrogens is 2. The maximum Gasteiger partial charge on any atom is 0.335 e. The fourth-order valence-corrected chi connectivity index (χ4v) is 4.68. The largest absolute Gasteiger partial charge is 0.493 e. The number of nitrogens with one attached hydrogen (secondary N) is 1. The summed E-state index contributed by atoms with van der Waals surface area (Å²) in [6.45, 7) is 6.08. The first-order valence-corrected chi connectivity index (χ1v) is 11.4. The van der Waals surface area contributed by atoms with Crippen LogP contribution in [0, 0.1) is 6.92 Å². The van der Waals surface area contributed by atoms with E-state index in [1.165, 1.54) is 28.6 Å². The molecule has 3 aromatic rings. The highest BCUT2D eigenvalue weighted by atomic mass is 32.2. The number of aliphatic imine (C=N–C) groups is 1. The van der Waals surface area contributed by atoms with Crippen molar-refractivity contribution in [3.8, 4) is 11.6 Å². The minimum Gasteiger partial charge on any atom is -0.493 e. The minimum atomic E-state index is -3.59. The molecule has 1 heterocycles. The topological polar surface area (TPSA) is 125 Å². The number of aromatic amines is 1.